The van der Waals surface area contributed by atoms with Gasteiger partial charge in [-0.05, 0) is 55.9 Å². The van der Waals surface area contributed by atoms with Crippen molar-refractivity contribution in [3.05, 3.63) is 40.4 Å². The van der Waals surface area contributed by atoms with Crippen molar-refractivity contribution in [2.24, 2.45) is 16.7 Å². The van der Waals surface area contributed by atoms with Gasteiger partial charge in [-0.2, -0.15) is 0 Å². The Morgan fingerprint density at radius 2 is 1.61 bits per heavy atom. The molecule has 1 aromatic rings. The Morgan fingerprint density at radius 3 is 2.11 bits per heavy atom. The van der Waals surface area contributed by atoms with E-state index in [1.165, 1.54) is 14.2 Å². The Balaban J connectivity index is 2.13. The van der Waals surface area contributed by atoms with E-state index >= 15 is 0 Å². The monoisotopic (exact) mass is 500 g/mol. The van der Waals surface area contributed by atoms with Crippen LogP contribution in [0, 0.1) is 16.7 Å². The van der Waals surface area contributed by atoms with E-state index in [4.69, 9.17) is 28.4 Å². The third-order valence-corrected chi connectivity index (χ3v) is 8.21. The highest BCUT2D eigenvalue weighted by Crippen LogP contribution is 2.73. The zero-order valence-corrected chi connectivity index (χ0v) is 22.8. The molecule has 4 atom stereocenters. The molecule has 3 aliphatic carbocycles. The lowest BCUT2D eigenvalue weighted by molar-refractivity contribution is -0.159. The Hall–Kier alpha value is -3.16. The van der Waals surface area contributed by atoms with E-state index < -0.39 is 22.3 Å². The quantitative estimate of drug-likeness (QED) is 0.539. The van der Waals surface area contributed by atoms with E-state index in [1.807, 2.05) is 26.8 Å². The van der Waals surface area contributed by atoms with Gasteiger partial charge in [-0.25, -0.2) is 0 Å². The fraction of sp³-hybridized carbons (Fsp3) is 0.571. The summed E-state index contributed by atoms with van der Waals surface area (Å²) in [5, 5.41) is 0. The van der Waals surface area contributed by atoms with Crippen molar-refractivity contribution in [1.29, 1.82) is 0 Å². The van der Waals surface area contributed by atoms with E-state index in [9.17, 15) is 9.59 Å². The Labute approximate surface area is 212 Å². The van der Waals surface area contributed by atoms with Crippen LogP contribution in [0.25, 0.3) is 0 Å². The highest BCUT2D eigenvalue weighted by Gasteiger charge is 2.73. The first-order valence-corrected chi connectivity index (χ1v) is 12.0. The van der Waals surface area contributed by atoms with Crippen molar-refractivity contribution in [3.63, 3.8) is 0 Å². The van der Waals surface area contributed by atoms with Crippen molar-refractivity contribution < 1.29 is 38.0 Å². The summed E-state index contributed by atoms with van der Waals surface area (Å²) in [6.45, 7) is 9.63. The zero-order valence-electron chi connectivity index (χ0n) is 22.8. The predicted octanol–water partition coefficient (Wildman–Crippen LogP) is 4.13. The maximum Gasteiger partial charge on any atom is 0.311 e. The first kappa shape index (κ1) is 25.9. The Morgan fingerprint density at radius 1 is 0.972 bits per heavy atom. The molecule has 0 aliphatic heterocycles. The van der Waals surface area contributed by atoms with Crippen LogP contribution >= 0.6 is 0 Å². The molecule has 8 heteroatoms. The van der Waals surface area contributed by atoms with Gasteiger partial charge in [-0.1, -0.05) is 13.8 Å². The van der Waals surface area contributed by atoms with Gasteiger partial charge in [0.25, 0.3) is 0 Å². The van der Waals surface area contributed by atoms with Crippen LogP contribution < -0.4 is 14.2 Å². The van der Waals surface area contributed by atoms with Crippen molar-refractivity contribution in [2.45, 2.75) is 52.6 Å². The van der Waals surface area contributed by atoms with Gasteiger partial charge in [-0.3, -0.25) is 9.59 Å². The summed E-state index contributed by atoms with van der Waals surface area (Å²) in [6.07, 6.45) is 1.49. The number of carbonyl (C=O) groups is 2. The summed E-state index contributed by atoms with van der Waals surface area (Å²) in [7, 11) is 7.70. The molecule has 36 heavy (non-hydrogen) atoms. The topological polar surface area (TPSA) is 89.5 Å². The van der Waals surface area contributed by atoms with Gasteiger partial charge in [-0.15, -0.1) is 0 Å². The summed E-state index contributed by atoms with van der Waals surface area (Å²) in [4.78, 5) is 26.4. The average Bonchev–Trinajstić information content (AvgIpc) is 3.18. The second-order valence-corrected chi connectivity index (χ2v) is 10.9. The molecule has 8 nitrogen and oxygen atoms in total. The number of allylic oxidation sites excluding steroid dienone is 2. The third-order valence-electron chi connectivity index (χ3n) is 8.21. The average molecular weight is 501 g/mol. The molecule has 1 spiro atoms. The SMILES string of the molecule is COC1=C(OC)[C@]23C(=CC1=O)[C@H](OC(=O)C(C)(C)C)[C@H](C)[C@@]2(C)Cc1cc(OC)c(OC)c(OC)c13. The minimum atomic E-state index is -0.997. The van der Waals surface area contributed by atoms with Crippen molar-refractivity contribution in [1.82, 2.24) is 0 Å². The van der Waals surface area contributed by atoms with Gasteiger partial charge in [0.15, 0.2) is 17.3 Å². The summed E-state index contributed by atoms with van der Waals surface area (Å²) in [6, 6.07) is 1.95. The zero-order chi connectivity index (χ0) is 26.8. The number of fused-ring (bicyclic) bond motifs is 1. The highest BCUT2D eigenvalue weighted by molar-refractivity contribution is 6.06. The second-order valence-electron chi connectivity index (χ2n) is 10.9. The summed E-state index contributed by atoms with van der Waals surface area (Å²) >= 11 is 0. The molecular weight excluding hydrogens is 464 g/mol. The first-order valence-electron chi connectivity index (χ1n) is 12.0. The molecule has 0 saturated heterocycles. The van der Waals surface area contributed by atoms with Gasteiger partial charge in [0.1, 0.15) is 6.10 Å². The van der Waals surface area contributed by atoms with Gasteiger partial charge in [0.05, 0.1) is 46.4 Å². The van der Waals surface area contributed by atoms with E-state index in [1.54, 1.807) is 27.4 Å². The van der Waals surface area contributed by atoms with E-state index in [-0.39, 0.29) is 23.4 Å². The Bertz CT molecular complexity index is 1190. The van der Waals surface area contributed by atoms with Crippen LogP contribution in [-0.4, -0.2) is 53.4 Å². The highest BCUT2D eigenvalue weighted by atomic mass is 16.6. The van der Waals surface area contributed by atoms with Gasteiger partial charge in [0.2, 0.25) is 17.3 Å². The summed E-state index contributed by atoms with van der Waals surface area (Å²) < 4.78 is 35.2. The predicted molar refractivity (Wildman–Crippen MR) is 132 cm³/mol. The van der Waals surface area contributed by atoms with Crippen LogP contribution in [0.2, 0.25) is 0 Å². The second kappa shape index (κ2) is 8.46. The molecule has 0 radical (unpaired) electrons. The molecule has 196 valence electrons. The number of ketones is 1. The molecule has 1 aromatic carbocycles. The molecule has 1 fully saturated rings. The number of carbonyl (C=O) groups excluding carboxylic acids is 2. The number of esters is 1. The number of hydrogen-bond acceptors (Lipinski definition) is 8. The fourth-order valence-electron chi connectivity index (χ4n) is 6.44. The minimum absolute atomic E-state index is 0.118. The third kappa shape index (κ3) is 3.05. The van der Waals surface area contributed by atoms with E-state index in [2.05, 4.69) is 13.8 Å². The van der Waals surface area contributed by atoms with Gasteiger partial charge >= 0.3 is 5.97 Å². The maximum atomic E-state index is 13.3. The summed E-state index contributed by atoms with van der Waals surface area (Å²) in [5.41, 5.74) is 0.158. The van der Waals surface area contributed by atoms with Crippen molar-refractivity contribution in [2.75, 3.05) is 35.5 Å². The smallest absolute Gasteiger partial charge is 0.311 e. The van der Waals surface area contributed by atoms with Crippen LogP contribution in [0.5, 0.6) is 17.2 Å². The number of methoxy groups -OCH3 is 5. The lowest BCUT2D eigenvalue weighted by Gasteiger charge is -2.43. The summed E-state index contributed by atoms with van der Waals surface area (Å²) in [5.74, 6) is 1.10. The minimum Gasteiger partial charge on any atom is -0.496 e. The number of benzene rings is 1. The lowest BCUT2D eigenvalue weighted by Crippen LogP contribution is -2.45. The van der Waals surface area contributed by atoms with Gasteiger partial charge in [0, 0.05) is 11.5 Å². The van der Waals surface area contributed by atoms with Crippen molar-refractivity contribution >= 4 is 11.8 Å². The van der Waals surface area contributed by atoms with Crippen molar-refractivity contribution in [3.8, 4) is 17.2 Å². The normalized spacial score (nSPS) is 28.6. The fourth-order valence-corrected chi connectivity index (χ4v) is 6.44. The molecule has 0 amide bonds. The van der Waals surface area contributed by atoms with E-state index in [0.29, 0.717) is 35.0 Å². The number of hydrogen-bond donors (Lipinski definition) is 0. The van der Waals surface area contributed by atoms with Crippen LogP contribution in [0.15, 0.2) is 29.2 Å². The standard InChI is InChI=1S/C28H36O8/c1-14-20(36-25(30)26(2,3)4)16-12-17(29)21(32-7)24(35-10)28(16)19-15(13-27(14,28)5)11-18(31-6)22(33-8)23(19)34-9/h11-12,14,20H,13H2,1-10H3/t14-,20+,27+,28+/m0/s1. The van der Waals surface area contributed by atoms with Crippen LogP contribution in [0.4, 0.5) is 0 Å². The van der Waals surface area contributed by atoms with Crippen LogP contribution in [0.1, 0.15) is 45.7 Å². The molecule has 0 heterocycles. The van der Waals surface area contributed by atoms with E-state index in [0.717, 1.165) is 11.1 Å². The first-order chi connectivity index (χ1) is 16.9. The molecule has 0 aromatic heterocycles. The molecule has 1 saturated carbocycles. The molecular formula is C28H36O8. The van der Waals surface area contributed by atoms with Gasteiger partial charge < -0.3 is 28.4 Å². The van der Waals surface area contributed by atoms with Crippen LogP contribution in [0.3, 0.4) is 0 Å². The molecule has 3 aliphatic rings. The number of rotatable bonds is 6. The Kier molecular flexibility index (Phi) is 6.09. The van der Waals surface area contributed by atoms with Crippen LogP contribution in [-0.2, 0) is 35.6 Å². The largest absolute Gasteiger partial charge is 0.496 e. The number of ether oxygens (including phenoxy) is 6. The molecule has 0 unspecified atom stereocenters. The maximum absolute atomic E-state index is 13.3. The molecule has 0 N–H and O–H groups in total. The molecule has 0 bridgehead atoms. The molecule has 4 rings (SSSR count). The lowest BCUT2D eigenvalue weighted by atomic mass is 9.60.